The van der Waals surface area contributed by atoms with Gasteiger partial charge in [-0.1, -0.05) is 24.0 Å². The van der Waals surface area contributed by atoms with Gasteiger partial charge >= 0.3 is 0 Å². The minimum absolute atomic E-state index is 0.0664. The van der Waals surface area contributed by atoms with Crippen molar-refractivity contribution in [1.29, 1.82) is 0 Å². The van der Waals surface area contributed by atoms with Crippen molar-refractivity contribution in [3.8, 4) is 11.5 Å². The van der Waals surface area contributed by atoms with E-state index in [1.807, 2.05) is 13.0 Å². The van der Waals surface area contributed by atoms with Crippen molar-refractivity contribution in [2.24, 2.45) is 0 Å². The molecule has 3 rings (SSSR count). The van der Waals surface area contributed by atoms with Gasteiger partial charge in [0.05, 0.1) is 28.3 Å². The predicted molar refractivity (Wildman–Crippen MR) is 120 cm³/mol. The van der Waals surface area contributed by atoms with Crippen LogP contribution in [-0.4, -0.2) is 60.6 Å². The number of hydrogen-bond donors (Lipinski definition) is 1. The van der Waals surface area contributed by atoms with Crippen molar-refractivity contribution >= 4 is 68.8 Å². The first kappa shape index (κ1) is 21.3. The van der Waals surface area contributed by atoms with Crippen LogP contribution >= 0.6 is 46.6 Å². The smallest absolute Gasteiger partial charge is 0.263 e. The highest BCUT2D eigenvalue weighted by molar-refractivity contribution is 14.1. The molecule has 2 fully saturated rings. The summed E-state index contributed by atoms with van der Waals surface area (Å²) in [6, 6.07) is 3.67. The fourth-order valence-corrected chi connectivity index (χ4v) is 4.51. The molecule has 2 amide bonds. The van der Waals surface area contributed by atoms with Crippen molar-refractivity contribution < 1.29 is 23.8 Å². The number of thiocarbonyl (C=S) groups is 1. The number of carbonyl (C=O) groups is 2. The molecule has 2 heterocycles. The zero-order chi connectivity index (χ0) is 20.1. The van der Waals surface area contributed by atoms with Crippen LogP contribution < -0.4 is 14.8 Å². The Balaban J connectivity index is 1.77. The van der Waals surface area contributed by atoms with Gasteiger partial charge in [-0.15, -0.1) is 0 Å². The largest absolute Gasteiger partial charge is 0.490 e. The van der Waals surface area contributed by atoms with Crippen LogP contribution in [0.5, 0.6) is 11.5 Å². The van der Waals surface area contributed by atoms with Gasteiger partial charge in [0, 0.05) is 13.1 Å². The summed E-state index contributed by atoms with van der Waals surface area (Å²) in [6.07, 6.45) is 1.76. The lowest BCUT2D eigenvalue weighted by Crippen LogP contribution is -2.43. The molecule has 28 heavy (non-hydrogen) atoms. The van der Waals surface area contributed by atoms with E-state index in [2.05, 4.69) is 27.9 Å². The molecular weight excluding hydrogens is 515 g/mol. The van der Waals surface area contributed by atoms with E-state index in [0.717, 1.165) is 9.13 Å². The molecule has 0 atom stereocenters. The van der Waals surface area contributed by atoms with Crippen LogP contribution in [0.3, 0.4) is 0 Å². The second kappa shape index (κ2) is 9.90. The molecule has 7 nitrogen and oxygen atoms in total. The summed E-state index contributed by atoms with van der Waals surface area (Å²) in [4.78, 5) is 26.5. The van der Waals surface area contributed by atoms with Gasteiger partial charge in [-0.25, -0.2) is 0 Å². The summed E-state index contributed by atoms with van der Waals surface area (Å²) in [5, 5.41) is 2.60. The van der Waals surface area contributed by atoms with Gasteiger partial charge in [0.25, 0.3) is 11.8 Å². The molecule has 0 radical (unpaired) electrons. The van der Waals surface area contributed by atoms with E-state index >= 15 is 0 Å². The third-order valence-electron chi connectivity index (χ3n) is 3.98. The average Bonchev–Trinajstić information content (AvgIpc) is 2.98. The van der Waals surface area contributed by atoms with Crippen LogP contribution in [0.15, 0.2) is 17.0 Å². The van der Waals surface area contributed by atoms with Gasteiger partial charge in [0.1, 0.15) is 4.32 Å². The third kappa shape index (κ3) is 5.37. The quantitative estimate of drug-likeness (QED) is 0.342. The number of amides is 2. The Hall–Kier alpha value is -1.37. The molecule has 1 aromatic carbocycles. The number of hydrogen-bond acceptors (Lipinski definition) is 7. The summed E-state index contributed by atoms with van der Waals surface area (Å²) in [6.45, 7) is 4.50. The van der Waals surface area contributed by atoms with E-state index in [9.17, 15) is 9.59 Å². The Morgan fingerprint density at radius 3 is 2.79 bits per heavy atom. The standard InChI is InChI=1S/C18H19IN2O5S2/c1-2-25-13-8-11(9-14-17(23)20-18(27)28-14)7-12(19)16(13)26-10-15(22)21-3-5-24-6-4-21/h7-9H,2-6,10H2,1H3,(H,20,23,27)/b14-9-. The minimum Gasteiger partial charge on any atom is -0.490 e. The van der Waals surface area contributed by atoms with Gasteiger partial charge in [0.15, 0.2) is 18.1 Å². The molecule has 0 bridgehead atoms. The van der Waals surface area contributed by atoms with E-state index in [0.29, 0.717) is 53.6 Å². The average molecular weight is 534 g/mol. The first-order chi connectivity index (χ1) is 13.5. The normalized spacial score (nSPS) is 18.4. The topological polar surface area (TPSA) is 77.1 Å². The van der Waals surface area contributed by atoms with E-state index in [1.165, 1.54) is 11.8 Å². The number of halogens is 1. The molecule has 1 aromatic rings. The van der Waals surface area contributed by atoms with Crippen molar-refractivity contribution in [3.63, 3.8) is 0 Å². The molecule has 2 saturated heterocycles. The maximum Gasteiger partial charge on any atom is 0.263 e. The van der Waals surface area contributed by atoms with E-state index in [1.54, 1.807) is 17.0 Å². The Labute approximate surface area is 186 Å². The van der Waals surface area contributed by atoms with Crippen LogP contribution in [0.25, 0.3) is 6.08 Å². The minimum atomic E-state index is -0.209. The molecule has 2 aliphatic heterocycles. The first-order valence-corrected chi connectivity index (χ1v) is 11.0. The van der Waals surface area contributed by atoms with Crippen molar-refractivity contribution in [3.05, 3.63) is 26.2 Å². The van der Waals surface area contributed by atoms with Crippen LogP contribution in [-0.2, 0) is 14.3 Å². The zero-order valence-corrected chi connectivity index (χ0v) is 18.9. The Kier molecular flexibility index (Phi) is 7.55. The molecule has 2 aliphatic rings. The monoisotopic (exact) mass is 534 g/mol. The molecule has 150 valence electrons. The lowest BCUT2D eigenvalue weighted by atomic mass is 10.2. The number of morpholine rings is 1. The number of carbonyl (C=O) groups excluding carboxylic acids is 2. The second-order valence-corrected chi connectivity index (χ2v) is 8.78. The SMILES string of the molecule is CCOc1cc(/C=C2\SC(=S)NC2=O)cc(I)c1OCC(=O)N1CCOCC1. The Morgan fingerprint density at radius 1 is 1.39 bits per heavy atom. The summed E-state index contributed by atoms with van der Waals surface area (Å²) >= 11 is 8.38. The molecule has 10 heteroatoms. The highest BCUT2D eigenvalue weighted by Gasteiger charge is 2.23. The Morgan fingerprint density at radius 2 is 2.14 bits per heavy atom. The first-order valence-electron chi connectivity index (χ1n) is 8.67. The summed E-state index contributed by atoms with van der Waals surface area (Å²) in [7, 11) is 0. The lowest BCUT2D eigenvalue weighted by molar-refractivity contribution is -0.137. The van der Waals surface area contributed by atoms with Gasteiger partial charge in [0.2, 0.25) is 0 Å². The highest BCUT2D eigenvalue weighted by Crippen LogP contribution is 2.36. The molecule has 0 aliphatic carbocycles. The fourth-order valence-electron chi connectivity index (χ4n) is 2.68. The number of ether oxygens (including phenoxy) is 3. The van der Waals surface area contributed by atoms with E-state index in [-0.39, 0.29) is 18.4 Å². The number of thioether (sulfide) groups is 1. The number of nitrogens with zero attached hydrogens (tertiary/aromatic N) is 1. The zero-order valence-electron chi connectivity index (χ0n) is 15.2. The molecule has 1 N–H and O–H groups in total. The number of benzene rings is 1. The van der Waals surface area contributed by atoms with E-state index in [4.69, 9.17) is 26.4 Å². The van der Waals surface area contributed by atoms with Crippen LogP contribution in [0.4, 0.5) is 0 Å². The van der Waals surface area contributed by atoms with Crippen molar-refractivity contribution in [2.75, 3.05) is 39.5 Å². The lowest BCUT2D eigenvalue weighted by Gasteiger charge is -2.27. The fraction of sp³-hybridized carbons (Fsp3) is 0.389. The summed E-state index contributed by atoms with van der Waals surface area (Å²) < 4.78 is 18.0. The van der Waals surface area contributed by atoms with Crippen molar-refractivity contribution in [1.82, 2.24) is 10.2 Å². The number of nitrogens with one attached hydrogen (secondary N) is 1. The third-order valence-corrected chi connectivity index (χ3v) is 5.94. The summed E-state index contributed by atoms with van der Waals surface area (Å²) in [5.41, 5.74) is 0.794. The molecule has 0 spiro atoms. The maximum absolute atomic E-state index is 12.3. The Bertz CT molecular complexity index is 824. The van der Waals surface area contributed by atoms with Gasteiger partial charge in [-0.2, -0.15) is 0 Å². The molecule has 0 unspecified atom stereocenters. The van der Waals surface area contributed by atoms with Gasteiger partial charge < -0.3 is 24.4 Å². The van der Waals surface area contributed by atoms with Crippen LogP contribution in [0.1, 0.15) is 12.5 Å². The maximum atomic E-state index is 12.3. The van der Waals surface area contributed by atoms with Gasteiger partial charge in [-0.3, -0.25) is 9.59 Å². The predicted octanol–water partition coefficient (Wildman–Crippen LogP) is 2.42. The molecule has 0 aromatic heterocycles. The van der Waals surface area contributed by atoms with Crippen LogP contribution in [0, 0.1) is 3.57 Å². The molecular formula is C18H19IN2O5S2. The summed E-state index contributed by atoms with van der Waals surface area (Å²) in [5.74, 6) is 0.756. The van der Waals surface area contributed by atoms with Gasteiger partial charge in [-0.05, 0) is 53.3 Å². The van der Waals surface area contributed by atoms with Crippen LogP contribution in [0.2, 0.25) is 0 Å². The second-order valence-electron chi connectivity index (χ2n) is 5.90. The highest BCUT2D eigenvalue weighted by atomic mass is 127. The number of rotatable bonds is 6. The molecule has 0 saturated carbocycles. The van der Waals surface area contributed by atoms with Crippen molar-refractivity contribution in [2.45, 2.75) is 6.92 Å². The van der Waals surface area contributed by atoms with E-state index < -0.39 is 0 Å².